The van der Waals surface area contributed by atoms with Crippen LogP contribution in [0.5, 0.6) is 0 Å². The zero-order valence-electron chi connectivity index (χ0n) is 18.6. The van der Waals surface area contributed by atoms with Crippen LogP contribution in [0.1, 0.15) is 18.2 Å². The lowest BCUT2D eigenvalue weighted by Crippen LogP contribution is -2.38. The molecule has 1 aromatic carbocycles. The average Bonchev–Trinajstić information content (AvgIpc) is 3.46. The number of hydrogen-bond acceptors (Lipinski definition) is 4. The number of pyridine rings is 1. The van der Waals surface area contributed by atoms with Crippen LogP contribution in [-0.4, -0.2) is 39.0 Å². The Balaban J connectivity index is 1.68. The molecule has 0 bridgehead atoms. The predicted octanol–water partition coefficient (Wildman–Crippen LogP) is 3.11. The molecule has 0 saturated heterocycles. The summed E-state index contributed by atoms with van der Waals surface area (Å²) in [7, 11) is -3.50. The molecule has 4 aromatic rings. The van der Waals surface area contributed by atoms with Crippen LogP contribution in [0.25, 0.3) is 22.3 Å². The Morgan fingerprint density at radius 1 is 1.17 bits per heavy atom. The largest absolute Gasteiger partial charge is 0.417 e. The van der Waals surface area contributed by atoms with Gasteiger partial charge in [-0.05, 0) is 25.1 Å². The number of benzene rings is 1. The molecule has 0 spiro atoms. The van der Waals surface area contributed by atoms with E-state index >= 15 is 0 Å². The number of sulfonamides is 1. The molecule has 1 aliphatic rings. The van der Waals surface area contributed by atoms with Crippen molar-refractivity contribution in [2.45, 2.75) is 32.1 Å². The summed E-state index contributed by atoms with van der Waals surface area (Å²) in [4.78, 5) is 13.2. The molecule has 0 amide bonds. The van der Waals surface area contributed by atoms with Gasteiger partial charge in [0.15, 0.2) is 0 Å². The van der Waals surface area contributed by atoms with Gasteiger partial charge in [0, 0.05) is 42.7 Å². The van der Waals surface area contributed by atoms with Crippen LogP contribution in [0.2, 0.25) is 0 Å². The minimum Gasteiger partial charge on any atom is -0.294 e. The summed E-state index contributed by atoms with van der Waals surface area (Å²) in [5, 5.41) is 3.92. The van der Waals surface area contributed by atoms with Crippen molar-refractivity contribution in [1.29, 1.82) is 0 Å². The van der Waals surface area contributed by atoms with Gasteiger partial charge in [-0.3, -0.25) is 9.13 Å². The zero-order chi connectivity index (χ0) is 26.0. The van der Waals surface area contributed by atoms with Crippen molar-refractivity contribution in [3.63, 3.8) is 0 Å². The molecular formula is C22H18F5N5O3S. The molecule has 5 rings (SSSR count). The maximum atomic E-state index is 14.7. The van der Waals surface area contributed by atoms with E-state index in [2.05, 4.69) is 9.82 Å². The maximum absolute atomic E-state index is 14.7. The molecule has 8 nitrogen and oxygen atoms in total. The van der Waals surface area contributed by atoms with Gasteiger partial charge in [-0.15, -0.1) is 0 Å². The van der Waals surface area contributed by atoms with Crippen LogP contribution < -0.4 is 10.4 Å². The van der Waals surface area contributed by atoms with Crippen LogP contribution >= 0.6 is 0 Å². The van der Waals surface area contributed by atoms with Crippen LogP contribution in [0.15, 0.2) is 47.7 Å². The number of nitrogens with zero attached hydrogens (tertiary/aromatic N) is 4. The summed E-state index contributed by atoms with van der Waals surface area (Å²) in [6, 6.07) is 3.01. The predicted molar refractivity (Wildman–Crippen MR) is 119 cm³/mol. The Bertz CT molecular complexity index is 1650. The van der Waals surface area contributed by atoms with Crippen molar-refractivity contribution in [2.75, 3.05) is 5.75 Å². The fourth-order valence-electron chi connectivity index (χ4n) is 4.39. The highest BCUT2D eigenvalue weighted by molar-refractivity contribution is 7.89. The van der Waals surface area contributed by atoms with Crippen molar-refractivity contribution in [1.82, 2.24) is 23.5 Å². The first kappa shape index (κ1) is 24.2. The topological polar surface area (TPSA) is 90.4 Å². The molecule has 190 valence electrons. The van der Waals surface area contributed by atoms with Gasteiger partial charge < -0.3 is 0 Å². The number of nitrogens with one attached hydrogen (secondary N) is 1. The molecule has 0 radical (unpaired) electrons. The highest BCUT2D eigenvalue weighted by Gasteiger charge is 2.34. The number of alkyl halides is 3. The van der Waals surface area contributed by atoms with Gasteiger partial charge in [0.25, 0.3) is 0 Å². The van der Waals surface area contributed by atoms with Crippen molar-refractivity contribution >= 4 is 15.5 Å². The Morgan fingerprint density at radius 3 is 2.47 bits per heavy atom. The van der Waals surface area contributed by atoms with Gasteiger partial charge in [-0.25, -0.2) is 31.2 Å². The third-order valence-corrected chi connectivity index (χ3v) is 7.51. The molecule has 0 saturated carbocycles. The van der Waals surface area contributed by atoms with Gasteiger partial charge in [0.2, 0.25) is 10.0 Å². The first-order valence-electron chi connectivity index (χ1n) is 10.7. The number of hydrogen-bond donors (Lipinski definition) is 1. The van der Waals surface area contributed by atoms with Crippen molar-refractivity contribution in [3.8, 4) is 16.8 Å². The van der Waals surface area contributed by atoms with Crippen LogP contribution in [-0.2, 0) is 29.2 Å². The molecule has 0 unspecified atom stereocenters. The number of aromatic nitrogens is 4. The summed E-state index contributed by atoms with van der Waals surface area (Å²) in [5.41, 5.74) is -2.52. The van der Waals surface area contributed by atoms with Gasteiger partial charge in [-0.1, -0.05) is 6.07 Å². The second-order valence-electron chi connectivity index (χ2n) is 8.37. The summed E-state index contributed by atoms with van der Waals surface area (Å²) in [5.74, 6) is -2.29. The van der Waals surface area contributed by atoms with Gasteiger partial charge in [0.05, 0.1) is 34.3 Å². The molecule has 1 atom stereocenters. The van der Waals surface area contributed by atoms with E-state index < -0.39 is 56.3 Å². The fraction of sp³-hybridized carbons (Fsp3) is 0.273. The summed E-state index contributed by atoms with van der Waals surface area (Å²) in [6.45, 7) is 1.53. The fourth-order valence-corrected chi connectivity index (χ4v) is 5.23. The van der Waals surface area contributed by atoms with E-state index in [9.17, 15) is 35.2 Å². The number of fused-ring (bicyclic) bond motifs is 2. The lowest BCUT2D eigenvalue weighted by Gasteiger charge is -2.14. The second-order valence-corrected chi connectivity index (χ2v) is 10.4. The van der Waals surface area contributed by atoms with Crippen molar-refractivity contribution in [3.05, 3.63) is 76.2 Å². The monoisotopic (exact) mass is 527 g/mol. The highest BCUT2D eigenvalue weighted by Crippen LogP contribution is 2.38. The molecule has 14 heteroatoms. The number of rotatable bonds is 5. The highest BCUT2D eigenvalue weighted by atomic mass is 32.2. The van der Waals surface area contributed by atoms with E-state index in [1.807, 2.05) is 0 Å². The van der Waals surface area contributed by atoms with E-state index in [0.717, 1.165) is 33.5 Å². The maximum Gasteiger partial charge on any atom is 0.417 e. The van der Waals surface area contributed by atoms with Gasteiger partial charge >= 0.3 is 11.9 Å². The Labute approximate surface area is 200 Å². The van der Waals surface area contributed by atoms with Gasteiger partial charge in [-0.2, -0.15) is 18.3 Å². The Hall–Kier alpha value is -3.52. The summed E-state index contributed by atoms with van der Waals surface area (Å²) < 4.78 is 99.6. The third kappa shape index (κ3) is 3.99. The normalized spacial score (nSPS) is 16.1. The molecule has 36 heavy (non-hydrogen) atoms. The minimum atomic E-state index is -4.83. The third-order valence-electron chi connectivity index (χ3n) is 6.06. The van der Waals surface area contributed by atoms with E-state index in [1.165, 1.54) is 17.7 Å². The van der Waals surface area contributed by atoms with Crippen LogP contribution in [0.3, 0.4) is 0 Å². The number of halogens is 5. The molecule has 0 aliphatic carbocycles. The standard InChI is InChI=1S/C22H18F5N5O3S/c1-2-36(34,35)29-13-7-14-11-31(21(33)30(14)10-13)18-8-28-32-9-12(22(25,26)27)6-15(20(18)32)19-16(23)4-3-5-17(19)24/h3-6,8-9,11,13,29H,2,7,10H2,1H3/t13-/m0/s1. The quantitative estimate of drug-likeness (QED) is 0.404. The molecule has 0 fully saturated rings. The van der Waals surface area contributed by atoms with E-state index in [1.54, 1.807) is 0 Å². The molecule has 4 heterocycles. The number of imidazole rings is 1. The Kier molecular flexibility index (Phi) is 5.55. The van der Waals surface area contributed by atoms with Crippen molar-refractivity contribution < 1.29 is 30.4 Å². The van der Waals surface area contributed by atoms with E-state index in [0.29, 0.717) is 18.0 Å². The summed E-state index contributed by atoms with van der Waals surface area (Å²) in [6.07, 6.45) is -1.41. The second kappa shape index (κ2) is 8.27. The van der Waals surface area contributed by atoms with Crippen molar-refractivity contribution in [2.24, 2.45) is 0 Å². The molecular weight excluding hydrogens is 509 g/mol. The minimum absolute atomic E-state index is 0.0129. The van der Waals surface area contributed by atoms with Crippen LogP contribution in [0, 0.1) is 11.6 Å². The molecule has 1 aliphatic heterocycles. The van der Waals surface area contributed by atoms with Crippen LogP contribution in [0.4, 0.5) is 22.0 Å². The summed E-state index contributed by atoms with van der Waals surface area (Å²) >= 11 is 0. The smallest absolute Gasteiger partial charge is 0.294 e. The zero-order valence-corrected chi connectivity index (χ0v) is 19.4. The lowest BCUT2D eigenvalue weighted by molar-refractivity contribution is -0.137. The molecule has 3 aromatic heterocycles. The Morgan fingerprint density at radius 2 is 1.86 bits per heavy atom. The molecule has 1 N–H and O–H groups in total. The first-order chi connectivity index (χ1) is 16.9. The van der Waals surface area contributed by atoms with Gasteiger partial charge in [0.1, 0.15) is 11.6 Å². The van der Waals surface area contributed by atoms with E-state index in [-0.39, 0.29) is 29.9 Å². The average molecular weight is 527 g/mol. The SMILES string of the molecule is CCS(=O)(=O)N[C@H]1Cc2cn(-c3cnn4cc(C(F)(F)F)cc(-c5c(F)cccc5F)c34)c(=O)n2C1. The lowest BCUT2D eigenvalue weighted by atomic mass is 10.0. The van der Waals surface area contributed by atoms with E-state index in [4.69, 9.17) is 0 Å². The first-order valence-corrected chi connectivity index (χ1v) is 12.4.